The van der Waals surface area contributed by atoms with Crippen LogP contribution in [0.2, 0.25) is 0 Å². The van der Waals surface area contributed by atoms with Gasteiger partial charge in [-0.1, -0.05) is 12.1 Å². The Hall–Kier alpha value is -3.35. The Labute approximate surface area is 218 Å². The fourth-order valence-corrected chi connectivity index (χ4v) is 4.73. The molecule has 3 aromatic rings. The van der Waals surface area contributed by atoms with Gasteiger partial charge in [0.05, 0.1) is 60.1 Å². The van der Waals surface area contributed by atoms with E-state index >= 15 is 0 Å². The monoisotopic (exact) mass is 532 g/mol. The minimum absolute atomic E-state index is 0. The molecule has 5 rings (SSSR count). The van der Waals surface area contributed by atoms with Gasteiger partial charge in [-0.2, -0.15) is 13.2 Å². The largest absolute Gasteiger partial charge is 0.418 e. The van der Waals surface area contributed by atoms with E-state index in [1.165, 1.54) is 17.0 Å². The molecule has 2 aliphatic rings. The topological polar surface area (TPSA) is 84.6 Å². The van der Waals surface area contributed by atoms with Crippen LogP contribution >= 0.6 is 0 Å². The van der Waals surface area contributed by atoms with Crippen molar-refractivity contribution in [2.45, 2.75) is 37.6 Å². The quantitative estimate of drug-likeness (QED) is 0.426. The van der Waals surface area contributed by atoms with Gasteiger partial charge in [0.2, 0.25) is 0 Å². The first-order valence-corrected chi connectivity index (χ1v) is 12.2. The van der Waals surface area contributed by atoms with Crippen molar-refractivity contribution in [2.75, 3.05) is 33.9 Å². The molecule has 0 spiro atoms. The third-order valence-electron chi connectivity index (χ3n) is 7.09. The molecule has 0 saturated carbocycles. The summed E-state index contributed by atoms with van der Waals surface area (Å²) >= 11 is 0. The van der Waals surface area contributed by atoms with Crippen LogP contribution in [0.3, 0.4) is 0 Å². The van der Waals surface area contributed by atoms with E-state index in [1.54, 1.807) is 25.9 Å². The first-order valence-electron chi connectivity index (χ1n) is 12.2. The van der Waals surface area contributed by atoms with Crippen molar-refractivity contribution in [2.24, 2.45) is 10.2 Å². The van der Waals surface area contributed by atoms with E-state index in [9.17, 15) is 18.0 Å². The number of halogens is 3. The van der Waals surface area contributed by atoms with Gasteiger partial charge in [0.15, 0.2) is 0 Å². The molecule has 2 aliphatic heterocycles. The van der Waals surface area contributed by atoms with E-state index in [4.69, 9.17) is 9.47 Å². The standard InChI is InChI=1S/C26H29F3N6O3.H2/c1-17(37-3)10-30-11-18-7-21(26(27,28)29)22-13-34(24(36)35(22)12-18)20-6-4-5-19(8-20)25(14-38-15-25)9-23-32-31-16-33(23)2;/h4-8,12-13,16-17,30H,9-11,14-15H2,1-3H3;1H/q+1;/t17-;/m1./s1. The van der Waals surface area contributed by atoms with Crippen LogP contribution in [0.25, 0.3) is 11.2 Å². The molecule has 12 heteroatoms. The van der Waals surface area contributed by atoms with Gasteiger partial charge in [0.25, 0.3) is 6.67 Å². The zero-order chi connectivity index (χ0) is 27.1. The molecule has 1 radical (unpaired) electrons. The van der Waals surface area contributed by atoms with Crippen molar-refractivity contribution in [3.63, 3.8) is 0 Å². The van der Waals surface area contributed by atoms with Gasteiger partial charge in [-0.05, 0) is 41.4 Å². The number of amidine groups is 1. The number of methoxy groups -OCH3 is 1. The summed E-state index contributed by atoms with van der Waals surface area (Å²) < 4.78 is 57.0. The summed E-state index contributed by atoms with van der Waals surface area (Å²) in [5, 5.41) is 11.2. The van der Waals surface area contributed by atoms with E-state index in [0.717, 1.165) is 21.9 Å². The number of fused-ring (bicyclic) bond motifs is 1. The van der Waals surface area contributed by atoms with Crippen LogP contribution in [0.4, 0.5) is 13.2 Å². The molecule has 1 atom stereocenters. The maximum absolute atomic E-state index is 14.0. The van der Waals surface area contributed by atoms with E-state index in [1.807, 2.05) is 30.7 Å². The number of hydrogen-bond donors (Lipinski definition) is 1. The number of rotatable bonds is 9. The molecular weight excluding hydrogens is 501 g/mol. The van der Waals surface area contributed by atoms with Crippen molar-refractivity contribution in [3.05, 3.63) is 76.6 Å². The molecule has 0 bridgehead atoms. The lowest BCUT2D eigenvalue weighted by Gasteiger charge is -2.40. The number of pyridine rings is 1. The van der Waals surface area contributed by atoms with Gasteiger partial charge in [-0.15, -0.1) is 0 Å². The number of aromatic nitrogens is 2. The maximum Gasteiger partial charge on any atom is 0.418 e. The second-order valence-corrected chi connectivity index (χ2v) is 9.83. The number of alkyl halides is 3. The Morgan fingerprint density at radius 2 is 2.08 bits per heavy atom. The molecule has 9 nitrogen and oxygen atoms in total. The Morgan fingerprint density at radius 1 is 1.29 bits per heavy atom. The minimum atomic E-state index is -4.63. The van der Waals surface area contributed by atoms with E-state index in [-0.39, 0.29) is 25.0 Å². The van der Waals surface area contributed by atoms with Gasteiger partial charge in [-0.25, -0.2) is 9.37 Å². The highest BCUT2D eigenvalue weighted by molar-refractivity contribution is 5.80. The minimum Gasteiger partial charge on any atom is -0.380 e. The first kappa shape index (κ1) is 26.3. The van der Waals surface area contributed by atoms with Gasteiger partial charge in [0.1, 0.15) is 0 Å². The van der Waals surface area contributed by atoms with E-state index in [2.05, 4.69) is 15.5 Å². The number of azo groups is 1. The highest BCUT2D eigenvalue weighted by Crippen LogP contribution is 2.38. The summed E-state index contributed by atoms with van der Waals surface area (Å²) in [6.45, 7) is 5.02. The summed E-state index contributed by atoms with van der Waals surface area (Å²) in [7, 11) is 3.43. The number of nitrogens with zero attached hydrogens (tertiary/aromatic N) is 5. The van der Waals surface area contributed by atoms with Crippen LogP contribution in [-0.2, 0) is 27.6 Å². The third kappa shape index (κ3) is 4.91. The normalized spacial score (nSPS) is 17.8. The maximum atomic E-state index is 14.0. The van der Waals surface area contributed by atoms with Crippen LogP contribution in [0, 0.1) is 6.67 Å². The molecule has 4 heterocycles. The van der Waals surface area contributed by atoms with Crippen molar-refractivity contribution in [1.82, 2.24) is 14.3 Å². The lowest BCUT2D eigenvalue weighted by molar-refractivity contribution is -0.451. The first-order chi connectivity index (χ1) is 18.1. The summed E-state index contributed by atoms with van der Waals surface area (Å²) in [5.41, 5.74) is -0.286. The number of benzene rings is 1. The Kier molecular flexibility index (Phi) is 6.97. The molecule has 38 heavy (non-hydrogen) atoms. The predicted octanol–water partition coefficient (Wildman–Crippen LogP) is 3.76. The average molecular weight is 533 g/mol. The highest BCUT2D eigenvalue weighted by atomic mass is 19.4. The summed E-state index contributed by atoms with van der Waals surface area (Å²) in [6, 6.07) is 8.37. The number of ether oxygens (including phenoxy) is 2. The Bertz CT molecular complexity index is 1480. The smallest absolute Gasteiger partial charge is 0.380 e. The average Bonchev–Trinajstić information content (AvgIpc) is 3.42. The van der Waals surface area contributed by atoms with E-state index in [0.29, 0.717) is 37.4 Å². The zero-order valence-corrected chi connectivity index (χ0v) is 21.3. The van der Waals surface area contributed by atoms with Crippen molar-refractivity contribution < 1.29 is 28.6 Å². The summed E-state index contributed by atoms with van der Waals surface area (Å²) in [6.07, 6.45) is -1.45. The molecule has 0 unspecified atom stereocenters. The molecule has 2 aromatic heterocycles. The van der Waals surface area contributed by atoms with Gasteiger partial charge in [-0.3, -0.25) is 8.97 Å². The predicted molar refractivity (Wildman–Crippen MR) is 136 cm³/mol. The fourth-order valence-electron chi connectivity index (χ4n) is 4.73. The lowest BCUT2D eigenvalue weighted by Crippen LogP contribution is -2.48. The molecule has 0 amide bonds. The molecule has 1 fully saturated rings. The van der Waals surface area contributed by atoms with E-state index < -0.39 is 17.4 Å². The number of imidazole rings is 1. The molecule has 1 N–H and O–H groups in total. The van der Waals surface area contributed by atoms with Crippen molar-refractivity contribution in [3.8, 4) is 5.69 Å². The molecule has 1 aromatic carbocycles. The van der Waals surface area contributed by atoms with Crippen LogP contribution in [0.5, 0.6) is 0 Å². The third-order valence-corrected chi connectivity index (χ3v) is 7.09. The second-order valence-electron chi connectivity index (χ2n) is 9.83. The molecule has 0 aliphatic carbocycles. The van der Waals surface area contributed by atoms with Gasteiger partial charge in [0, 0.05) is 34.0 Å². The number of hydrogen-bond acceptors (Lipinski definition) is 6. The zero-order valence-electron chi connectivity index (χ0n) is 21.3. The summed E-state index contributed by atoms with van der Waals surface area (Å²) in [4.78, 5) is 13.4. The lowest BCUT2D eigenvalue weighted by atomic mass is 9.75. The van der Waals surface area contributed by atoms with Crippen LogP contribution < -0.4 is 11.0 Å². The van der Waals surface area contributed by atoms with Gasteiger partial charge >= 0.3 is 17.7 Å². The van der Waals surface area contributed by atoms with Crippen LogP contribution in [0.15, 0.2) is 57.7 Å². The summed E-state index contributed by atoms with van der Waals surface area (Å²) in [5.74, 6) is 0.793. The Balaban J connectivity index is 0.00000353. The highest BCUT2D eigenvalue weighted by Gasteiger charge is 2.45. The second kappa shape index (κ2) is 10.1. The SMILES string of the molecule is CO[C@H](C)CNCc1cc(C(F)(F)F)c2cn(-c3cccc(C4(CC5=[N+](C)[CH]N=N5)COC4)c3)c(=O)n2c1.[HH]. The molecular formula is C26H31F3N6O3+. The fraction of sp³-hybridized carbons (Fsp3) is 0.423. The van der Waals surface area contributed by atoms with Gasteiger partial charge < -0.3 is 14.8 Å². The van der Waals surface area contributed by atoms with Crippen LogP contribution in [-0.4, -0.2) is 59.4 Å². The number of nitrogens with one attached hydrogen (secondary N) is 1. The van der Waals surface area contributed by atoms with Crippen molar-refractivity contribution >= 4 is 11.4 Å². The molecule has 1 saturated heterocycles. The molecule has 203 valence electrons. The Morgan fingerprint density at radius 3 is 2.71 bits per heavy atom. The van der Waals surface area contributed by atoms with Crippen molar-refractivity contribution in [1.29, 1.82) is 0 Å². The van der Waals surface area contributed by atoms with Crippen LogP contribution in [0.1, 0.15) is 31.5 Å².